The van der Waals surface area contributed by atoms with Gasteiger partial charge in [-0.1, -0.05) is 6.92 Å². The van der Waals surface area contributed by atoms with Crippen molar-refractivity contribution in [1.82, 2.24) is 9.80 Å². The lowest BCUT2D eigenvalue weighted by Gasteiger charge is -2.39. The van der Waals surface area contributed by atoms with Crippen LogP contribution in [0.4, 0.5) is 0 Å². The molecule has 4 nitrogen and oxygen atoms in total. The molecule has 0 aromatic rings. The number of rotatable bonds is 3. The van der Waals surface area contributed by atoms with E-state index in [2.05, 4.69) is 9.80 Å². The summed E-state index contributed by atoms with van der Waals surface area (Å²) in [7, 11) is 0. The van der Waals surface area contributed by atoms with Crippen molar-refractivity contribution in [2.24, 2.45) is 5.41 Å². The Morgan fingerprint density at radius 2 is 2.00 bits per heavy atom. The highest BCUT2D eigenvalue weighted by molar-refractivity contribution is 5.75. The van der Waals surface area contributed by atoms with Gasteiger partial charge in [-0.25, -0.2) is 0 Å². The lowest BCUT2D eigenvalue weighted by Crippen LogP contribution is -2.47. The Morgan fingerprint density at radius 1 is 1.21 bits per heavy atom. The Balaban J connectivity index is 1.63. The summed E-state index contributed by atoms with van der Waals surface area (Å²) in [5.41, 5.74) is -0.465. The molecule has 3 aliphatic heterocycles. The standard InChI is InChI=1S/C15H26N2O2/c1-2-15(14(18)19)6-9-17(11-15)13-5-8-16-7-3-4-12(16)10-13/h12-13H,2-11H2,1H3,(H,18,19). The van der Waals surface area contributed by atoms with Gasteiger partial charge in [0, 0.05) is 18.6 Å². The van der Waals surface area contributed by atoms with Gasteiger partial charge in [0.15, 0.2) is 0 Å². The predicted molar refractivity (Wildman–Crippen MR) is 74.2 cm³/mol. The van der Waals surface area contributed by atoms with Crippen LogP contribution in [0.5, 0.6) is 0 Å². The average Bonchev–Trinajstić information content (AvgIpc) is 3.05. The molecule has 0 amide bonds. The first kappa shape index (κ1) is 13.4. The molecule has 4 heteroatoms. The van der Waals surface area contributed by atoms with Crippen molar-refractivity contribution in [3.05, 3.63) is 0 Å². The van der Waals surface area contributed by atoms with E-state index in [0.29, 0.717) is 6.04 Å². The van der Waals surface area contributed by atoms with Crippen molar-refractivity contribution in [2.75, 3.05) is 26.2 Å². The summed E-state index contributed by atoms with van der Waals surface area (Å²) >= 11 is 0. The Morgan fingerprint density at radius 3 is 2.68 bits per heavy atom. The van der Waals surface area contributed by atoms with Gasteiger partial charge in [-0.2, -0.15) is 0 Å². The number of piperidine rings is 1. The fraction of sp³-hybridized carbons (Fsp3) is 0.933. The molecule has 0 spiro atoms. The molecule has 3 saturated heterocycles. The SMILES string of the molecule is CCC1(C(=O)O)CCN(C2CCN3CCCC3C2)C1. The number of hydrogen-bond donors (Lipinski definition) is 1. The largest absolute Gasteiger partial charge is 0.481 e. The third-order valence-electron chi connectivity index (χ3n) is 5.82. The van der Waals surface area contributed by atoms with Gasteiger partial charge in [0.05, 0.1) is 5.41 Å². The summed E-state index contributed by atoms with van der Waals surface area (Å²) in [5.74, 6) is -0.587. The molecule has 1 N–H and O–H groups in total. The van der Waals surface area contributed by atoms with E-state index in [4.69, 9.17) is 0 Å². The van der Waals surface area contributed by atoms with Gasteiger partial charge in [-0.3, -0.25) is 9.69 Å². The molecule has 0 radical (unpaired) electrons. The molecule has 3 aliphatic rings. The second kappa shape index (κ2) is 5.06. The molecule has 3 fully saturated rings. The number of hydrogen-bond acceptors (Lipinski definition) is 3. The van der Waals surface area contributed by atoms with E-state index in [0.717, 1.165) is 32.0 Å². The normalized spacial score (nSPS) is 40.5. The lowest BCUT2D eigenvalue weighted by atomic mass is 9.84. The van der Waals surface area contributed by atoms with Crippen molar-refractivity contribution >= 4 is 5.97 Å². The van der Waals surface area contributed by atoms with Gasteiger partial charge < -0.3 is 10.0 Å². The highest BCUT2D eigenvalue weighted by Crippen LogP contribution is 2.38. The minimum absolute atomic E-state index is 0.465. The van der Waals surface area contributed by atoms with E-state index >= 15 is 0 Å². The fourth-order valence-electron chi connectivity index (χ4n) is 4.37. The summed E-state index contributed by atoms with van der Waals surface area (Å²) in [6.45, 7) is 6.29. The fourth-order valence-corrected chi connectivity index (χ4v) is 4.37. The molecule has 0 aliphatic carbocycles. The van der Waals surface area contributed by atoms with Crippen molar-refractivity contribution in [3.63, 3.8) is 0 Å². The molecule has 0 saturated carbocycles. The number of fused-ring (bicyclic) bond motifs is 1. The Labute approximate surface area is 115 Å². The van der Waals surface area contributed by atoms with Crippen molar-refractivity contribution in [2.45, 2.75) is 57.5 Å². The molecule has 3 rings (SSSR count). The van der Waals surface area contributed by atoms with Gasteiger partial charge in [-0.05, 0) is 58.2 Å². The quantitative estimate of drug-likeness (QED) is 0.846. The highest BCUT2D eigenvalue weighted by Gasteiger charge is 2.46. The smallest absolute Gasteiger partial charge is 0.310 e. The first-order valence-electron chi connectivity index (χ1n) is 7.86. The zero-order valence-electron chi connectivity index (χ0n) is 12.0. The van der Waals surface area contributed by atoms with Gasteiger partial charge in [0.25, 0.3) is 0 Å². The number of carboxylic acid groups (broad SMARTS) is 1. The third kappa shape index (κ3) is 2.29. The van der Waals surface area contributed by atoms with E-state index in [9.17, 15) is 9.90 Å². The van der Waals surface area contributed by atoms with Crippen LogP contribution in [0, 0.1) is 5.41 Å². The monoisotopic (exact) mass is 266 g/mol. The summed E-state index contributed by atoms with van der Waals surface area (Å²) < 4.78 is 0. The maximum Gasteiger partial charge on any atom is 0.310 e. The van der Waals surface area contributed by atoms with Crippen molar-refractivity contribution in [1.29, 1.82) is 0 Å². The summed E-state index contributed by atoms with van der Waals surface area (Å²) in [4.78, 5) is 16.6. The summed E-state index contributed by atoms with van der Waals surface area (Å²) in [6.07, 6.45) is 6.80. The topological polar surface area (TPSA) is 43.8 Å². The first-order chi connectivity index (χ1) is 9.14. The van der Waals surface area contributed by atoms with E-state index < -0.39 is 11.4 Å². The molecule has 3 unspecified atom stereocenters. The van der Waals surface area contributed by atoms with Crippen LogP contribution < -0.4 is 0 Å². The van der Waals surface area contributed by atoms with E-state index in [-0.39, 0.29) is 0 Å². The van der Waals surface area contributed by atoms with Crippen LogP contribution in [-0.4, -0.2) is 59.1 Å². The predicted octanol–water partition coefficient (Wildman–Crippen LogP) is 1.80. The second-order valence-electron chi connectivity index (χ2n) is 6.67. The van der Waals surface area contributed by atoms with Crippen LogP contribution in [0.1, 0.15) is 45.4 Å². The van der Waals surface area contributed by atoms with Crippen LogP contribution in [0.15, 0.2) is 0 Å². The minimum atomic E-state index is -0.587. The van der Waals surface area contributed by atoms with E-state index in [1.165, 1.54) is 38.8 Å². The summed E-state index contributed by atoms with van der Waals surface area (Å²) in [6, 6.07) is 1.41. The molecular weight excluding hydrogens is 240 g/mol. The molecular formula is C15H26N2O2. The van der Waals surface area contributed by atoms with Gasteiger partial charge in [0.1, 0.15) is 0 Å². The summed E-state index contributed by atoms with van der Waals surface area (Å²) in [5, 5.41) is 9.50. The average molecular weight is 266 g/mol. The Kier molecular flexibility index (Phi) is 3.56. The van der Waals surface area contributed by atoms with Crippen LogP contribution in [-0.2, 0) is 4.79 Å². The highest BCUT2D eigenvalue weighted by atomic mass is 16.4. The van der Waals surface area contributed by atoms with E-state index in [1.54, 1.807) is 0 Å². The maximum absolute atomic E-state index is 11.5. The zero-order valence-corrected chi connectivity index (χ0v) is 12.0. The molecule has 0 aromatic heterocycles. The molecule has 0 bridgehead atoms. The second-order valence-corrected chi connectivity index (χ2v) is 6.67. The van der Waals surface area contributed by atoms with Crippen LogP contribution >= 0.6 is 0 Å². The molecule has 0 aromatic carbocycles. The third-order valence-corrected chi connectivity index (χ3v) is 5.82. The lowest BCUT2D eigenvalue weighted by molar-refractivity contribution is -0.148. The number of aliphatic carboxylic acids is 1. The maximum atomic E-state index is 11.5. The van der Waals surface area contributed by atoms with Crippen LogP contribution in [0.2, 0.25) is 0 Å². The molecule has 108 valence electrons. The van der Waals surface area contributed by atoms with Gasteiger partial charge in [0.2, 0.25) is 0 Å². The van der Waals surface area contributed by atoms with Gasteiger partial charge >= 0.3 is 5.97 Å². The molecule has 19 heavy (non-hydrogen) atoms. The van der Waals surface area contributed by atoms with Crippen LogP contribution in [0.25, 0.3) is 0 Å². The van der Waals surface area contributed by atoms with Crippen molar-refractivity contribution < 1.29 is 9.90 Å². The van der Waals surface area contributed by atoms with Gasteiger partial charge in [-0.15, -0.1) is 0 Å². The number of carbonyl (C=O) groups is 1. The van der Waals surface area contributed by atoms with Crippen molar-refractivity contribution in [3.8, 4) is 0 Å². The number of carboxylic acids is 1. The molecule has 3 heterocycles. The zero-order chi connectivity index (χ0) is 13.5. The van der Waals surface area contributed by atoms with E-state index in [1.807, 2.05) is 6.92 Å². The Hall–Kier alpha value is -0.610. The number of likely N-dealkylation sites (tertiary alicyclic amines) is 1. The Bertz CT molecular complexity index is 360. The first-order valence-corrected chi connectivity index (χ1v) is 7.86. The molecule has 3 atom stereocenters. The number of nitrogens with zero attached hydrogens (tertiary/aromatic N) is 2. The minimum Gasteiger partial charge on any atom is -0.481 e. The van der Waals surface area contributed by atoms with Crippen LogP contribution in [0.3, 0.4) is 0 Å².